The number of anilines is 3. The maximum atomic E-state index is 13.3. The summed E-state index contributed by atoms with van der Waals surface area (Å²) >= 11 is 0. The van der Waals surface area contributed by atoms with Gasteiger partial charge in [-0.15, -0.1) is 0 Å². The van der Waals surface area contributed by atoms with Crippen LogP contribution in [0.2, 0.25) is 0 Å². The Labute approximate surface area is 219 Å². The van der Waals surface area contributed by atoms with Gasteiger partial charge in [-0.2, -0.15) is 21.6 Å². The van der Waals surface area contributed by atoms with E-state index in [9.17, 15) is 35.7 Å². The van der Waals surface area contributed by atoms with Crippen LogP contribution in [0.5, 0.6) is 5.75 Å². The number of nitrogens with one attached hydrogen (secondary N) is 1. The number of ketones is 2. The van der Waals surface area contributed by atoms with E-state index < -0.39 is 49.6 Å². The van der Waals surface area contributed by atoms with Crippen molar-refractivity contribution in [2.75, 3.05) is 18.2 Å². The first-order chi connectivity index (χ1) is 15.8. The molecule has 0 radical (unpaired) electrons. The molecule has 0 saturated heterocycles. The number of methoxy groups -OCH3 is 1. The summed E-state index contributed by atoms with van der Waals surface area (Å²) in [5.74, 6) is -1.57. The number of hydrogen-bond acceptors (Lipinski definition) is 7. The van der Waals surface area contributed by atoms with Crippen molar-refractivity contribution in [1.29, 1.82) is 0 Å². The summed E-state index contributed by atoms with van der Waals surface area (Å²) < 4.78 is 78.5. The summed E-state index contributed by atoms with van der Waals surface area (Å²) in [5, 5.41) is 2.56. The quantitative estimate of drug-likeness (QED) is 0.213. The number of fused-ring (bicyclic) bond motifs is 2. The Balaban J connectivity index is 0.00000342. The van der Waals surface area contributed by atoms with Gasteiger partial charge in [0.15, 0.2) is 11.6 Å². The van der Waals surface area contributed by atoms with E-state index in [0.29, 0.717) is 6.07 Å². The molecule has 4 N–H and O–H groups in total. The molecule has 0 unspecified atom stereocenters. The molecule has 13 heteroatoms. The predicted molar refractivity (Wildman–Crippen MR) is 122 cm³/mol. The van der Waals surface area contributed by atoms with Crippen LogP contribution in [-0.2, 0) is 16.3 Å². The van der Waals surface area contributed by atoms with Crippen LogP contribution in [-0.4, -0.2) is 61.2 Å². The molecular weight excluding hydrogens is 500 g/mol. The molecule has 4 rings (SSSR count). The molecule has 0 saturated carbocycles. The number of nitrogens with two attached hydrogens (primary N) is 1. The van der Waals surface area contributed by atoms with Crippen LogP contribution >= 0.6 is 0 Å². The second-order valence-corrected chi connectivity index (χ2v) is 8.69. The fourth-order valence-corrected chi connectivity index (χ4v) is 4.38. The van der Waals surface area contributed by atoms with Gasteiger partial charge < -0.3 is 15.8 Å². The van der Waals surface area contributed by atoms with Crippen molar-refractivity contribution >= 4 is 68.3 Å². The maximum absolute atomic E-state index is 13.3. The van der Waals surface area contributed by atoms with Gasteiger partial charge in [-0.3, -0.25) is 14.1 Å². The Hall–Kier alpha value is -2.90. The van der Waals surface area contributed by atoms with E-state index in [1.54, 1.807) is 0 Å². The van der Waals surface area contributed by atoms with Crippen molar-refractivity contribution in [3.8, 4) is 5.75 Å². The predicted octanol–water partition coefficient (Wildman–Crippen LogP) is 3.41. The van der Waals surface area contributed by atoms with Crippen LogP contribution < -0.4 is 15.8 Å². The van der Waals surface area contributed by atoms with Crippen LogP contribution in [0.3, 0.4) is 0 Å². The van der Waals surface area contributed by atoms with E-state index >= 15 is 0 Å². The normalized spacial score (nSPS) is 12.9. The molecule has 1 aliphatic carbocycles. The fourth-order valence-electron chi connectivity index (χ4n) is 3.73. The zero-order chi connectivity index (χ0) is 25.0. The van der Waals surface area contributed by atoms with Crippen LogP contribution in [0.4, 0.5) is 30.2 Å². The van der Waals surface area contributed by atoms with Crippen molar-refractivity contribution in [2.24, 2.45) is 0 Å². The minimum absolute atomic E-state index is 0. The number of hydrogen-bond donors (Lipinski definition) is 3. The summed E-state index contributed by atoms with van der Waals surface area (Å²) in [5.41, 5.74) is 2.65. The molecule has 0 aliphatic heterocycles. The molecule has 3 aromatic carbocycles. The molecule has 0 spiro atoms. The first-order valence-corrected chi connectivity index (χ1v) is 10.9. The Morgan fingerprint density at radius 1 is 0.943 bits per heavy atom. The number of carbonyl (C=O) groups excluding carboxylic acids is 2. The number of nitrogen functional groups attached to an aromatic ring is 1. The van der Waals surface area contributed by atoms with Gasteiger partial charge in [0.1, 0.15) is 10.6 Å². The molecule has 3 aromatic rings. The summed E-state index contributed by atoms with van der Waals surface area (Å²) in [6.45, 7) is 0. The third-order valence-electron chi connectivity index (χ3n) is 5.27. The van der Waals surface area contributed by atoms with Gasteiger partial charge in [-0.1, -0.05) is 24.3 Å². The number of benzene rings is 3. The molecule has 8 nitrogen and oxygen atoms in total. The molecule has 0 amide bonds. The van der Waals surface area contributed by atoms with Gasteiger partial charge in [0.2, 0.25) is 0 Å². The summed E-state index contributed by atoms with van der Waals surface area (Å²) in [7, 11) is -3.79. The fraction of sp³-hybridized carbons (Fsp3) is 0.0909. The SMILES string of the molecule is COc1ccc(C(F)(F)F)cc1Nc1cc(S(=O)(=O)O)c(N)c2c1C(=O)c1ccccc1C2=O.[NaH]. The first-order valence-electron chi connectivity index (χ1n) is 9.49. The number of ether oxygens (including phenoxy) is 1. The Morgan fingerprint density at radius 2 is 1.51 bits per heavy atom. The second kappa shape index (κ2) is 9.28. The zero-order valence-corrected chi connectivity index (χ0v) is 18.0. The number of carbonyl (C=O) groups is 2. The summed E-state index contributed by atoms with van der Waals surface area (Å²) in [6, 6.07) is 9.00. The first kappa shape index (κ1) is 26.7. The Kier molecular flexibility index (Phi) is 7.08. The summed E-state index contributed by atoms with van der Waals surface area (Å²) in [4.78, 5) is 25.6. The van der Waals surface area contributed by atoms with Crippen LogP contribution in [0.25, 0.3) is 0 Å². The molecule has 0 heterocycles. The molecule has 0 atom stereocenters. The van der Waals surface area contributed by atoms with E-state index in [-0.39, 0.29) is 63.4 Å². The number of alkyl halides is 3. The van der Waals surface area contributed by atoms with Crippen molar-refractivity contribution in [3.05, 3.63) is 76.3 Å². The summed E-state index contributed by atoms with van der Waals surface area (Å²) in [6.07, 6.45) is -4.71. The van der Waals surface area contributed by atoms with Crippen LogP contribution in [0, 0.1) is 0 Å². The van der Waals surface area contributed by atoms with Gasteiger partial charge in [0.25, 0.3) is 10.1 Å². The van der Waals surface area contributed by atoms with Gasteiger partial charge in [0, 0.05) is 11.1 Å². The van der Waals surface area contributed by atoms with Crippen molar-refractivity contribution in [2.45, 2.75) is 11.1 Å². The molecule has 0 bridgehead atoms. The molecule has 1 aliphatic rings. The van der Waals surface area contributed by atoms with E-state index in [0.717, 1.165) is 18.2 Å². The van der Waals surface area contributed by atoms with Crippen molar-refractivity contribution in [3.63, 3.8) is 0 Å². The van der Waals surface area contributed by atoms with Gasteiger partial charge in [-0.25, -0.2) is 0 Å². The Bertz CT molecular complexity index is 1490. The van der Waals surface area contributed by atoms with E-state index in [1.807, 2.05) is 0 Å². The van der Waals surface area contributed by atoms with Crippen LogP contribution in [0.1, 0.15) is 37.4 Å². The van der Waals surface area contributed by atoms with E-state index in [1.165, 1.54) is 31.4 Å². The minimum atomic E-state index is -4.99. The monoisotopic (exact) mass is 516 g/mol. The Morgan fingerprint density at radius 3 is 2.03 bits per heavy atom. The third kappa shape index (κ3) is 4.67. The van der Waals surface area contributed by atoms with E-state index in [4.69, 9.17) is 10.5 Å². The van der Waals surface area contributed by atoms with Crippen LogP contribution in [0.15, 0.2) is 53.4 Å². The topological polar surface area (TPSA) is 136 Å². The third-order valence-corrected chi connectivity index (χ3v) is 6.17. The molecular formula is C22H16F3N2NaO6S. The van der Waals surface area contributed by atoms with Gasteiger partial charge in [0.05, 0.1) is 40.9 Å². The van der Waals surface area contributed by atoms with Crippen molar-refractivity contribution in [1.82, 2.24) is 0 Å². The van der Waals surface area contributed by atoms with Gasteiger partial charge >= 0.3 is 35.7 Å². The standard InChI is InChI=1S/C22H15F3N2O6S.Na.H/c1-33-15-7-6-10(22(23,24)25)8-13(15)27-14-9-16(34(30,31)32)19(26)18-17(14)20(28)11-4-2-3-5-12(11)21(18)29;;/h2-9,27H,26H2,1H3,(H,30,31,32);;. The average Bonchev–Trinajstić information content (AvgIpc) is 2.76. The van der Waals surface area contributed by atoms with E-state index in [2.05, 4.69) is 5.32 Å². The molecule has 35 heavy (non-hydrogen) atoms. The van der Waals surface area contributed by atoms with Gasteiger partial charge in [-0.05, 0) is 24.3 Å². The number of halogens is 3. The molecule has 0 aromatic heterocycles. The average molecular weight is 516 g/mol. The zero-order valence-electron chi connectivity index (χ0n) is 17.2. The van der Waals surface area contributed by atoms with Crippen molar-refractivity contribution < 1.29 is 40.5 Å². The molecule has 0 fully saturated rings. The number of rotatable bonds is 4. The molecule has 178 valence electrons. The second-order valence-electron chi connectivity index (χ2n) is 7.30.